The maximum Gasteiger partial charge on any atom is 0.0540 e. The van der Waals surface area contributed by atoms with Crippen LogP contribution in [0.5, 0.6) is 0 Å². The zero-order valence-electron chi connectivity index (χ0n) is 24.8. The van der Waals surface area contributed by atoms with Crippen LogP contribution >= 0.6 is 0 Å². The number of nitrogens with zero attached hydrogens (tertiary/aromatic N) is 1. The molecule has 0 spiro atoms. The highest BCUT2D eigenvalue weighted by Crippen LogP contribution is 2.42. The molecule has 0 bridgehead atoms. The van der Waals surface area contributed by atoms with E-state index < -0.39 is 0 Å². The van der Waals surface area contributed by atoms with E-state index in [9.17, 15) is 0 Å². The minimum Gasteiger partial charge on any atom is -0.310 e. The van der Waals surface area contributed by atoms with Crippen molar-refractivity contribution in [3.8, 4) is 33.4 Å². The van der Waals surface area contributed by atoms with Gasteiger partial charge in [0.2, 0.25) is 0 Å². The molecule has 8 rings (SSSR count). The van der Waals surface area contributed by atoms with Gasteiger partial charge in [0.1, 0.15) is 0 Å². The molecule has 0 fully saturated rings. The standard InChI is InChI=1S/C44H31N/c1-2-14-32(15-3-1)39-25-8-9-26-41(39)35-20-10-22-37(30-35)45(44-29-13-19-34-17-5-7-27-43(34)44)38-23-11-21-36(31-38)42-28-12-18-33-16-4-6-24-40(33)42/h1-31H. The quantitative estimate of drug-likeness (QED) is 0.191. The largest absolute Gasteiger partial charge is 0.310 e. The average molecular weight is 574 g/mol. The van der Waals surface area contributed by atoms with Gasteiger partial charge in [-0.2, -0.15) is 0 Å². The maximum absolute atomic E-state index is 2.41. The van der Waals surface area contributed by atoms with Crippen molar-refractivity contribution >= 4 is 38.6 Å². The summed E-state index contributed by atoms with van der Waals surface area (Å²) in [4.78, 5) is 2.41. The summed E-state index contributed by atoms with van der Waals surface area (Å²) in [6.45, 7) is 0. The molecule has 8 aromatic carbocycles. The molecule has 0 aliphatic heterocycles. The summed E-state index contributed by atoms with van der Waals surface area (Å²) in [6.07, 6.45) is 0. The fourth-order valence-electron chi connectivity index (χ4n) is 6.54. The molecule has 0 aromatic heterocycles. The van der Waals surface area contributed by atoms with Crippen molar-refractivity contribution in [2.24, 2.45) is 0 Å². The van der Waals surface area contributed by atoms with Crippen molar-refractivity contribution in [2.45, 2.75) is 0 Å². The molecule has 1 nitrogen and oxygen atoms in total. The summed E-state index contributed by atoms with van der Waals surface area (Å²) in [6, 6.07) is 67.7. The molecule has 8 aromatic rings. The van der Waals surface area contributed by atoms with Gasteiger partial charge in [0, 0.05) is 16.8 Å². The molecule has 45 heavy (non-hydrogen) atoms. The maximum atomic E-state index is 2.41. The van der Waals surface area contributed by atoms with Gasteiger partial charge >= 0.3 is 0 Å². The van der Waals surface area contributed by atoms with Crippen LogP contribution in [0.4, 0.5) is 17.1 Å². The molecule has 212 valence electrons. The Morgan fingerprint density at radius 1 is 0.289 bits per heavy atom. The Bertz CT molecular complexity index is 2270. The second-order valence-corrected chi connectivity index (χ2v) is 11.4. The van der Waals surface area contributed by atoms with Crippen LogP contribution in [0.25, 0.3) is 54.9 Å². The second-order valence-electron chi connectivity index (χ2n) is 11.4. The fourth-order valence-corrected chi connectivity index (χ4v) is 6.54. The van der Waals surface area contributed by atoms with E-state index >= 15 is 0 Å². The lowest BCUT2D eigenvalue weighted by atomic mass is 9.94. The van der Waals surface area contributed by atoms with Crippen molar-refractivity contribution in [1.82, 2.24) is 0 Å². The molecule has 0 saturated carbocycles. The van der Waals surface area contributed by atoms with E-state index in [4.69, 9.17) is 0 Å². The predicted octanol–water partition coefficient (Wildman–Crippen LogP) is 12.5. The summed E-state index contributed by atoms with van der Waals surface area (Å²) in [7, 11) is 0. The van der Waals surface area contributed by atoms with E-state index in [1.807, 2.05) is 0 Å². The Morgan fingerprint density at radius 2 is 0.733 bits per heavy atom. The summed E-state index contributed by atoms with van der Waals surface area (Å²) < 4.78 is 0. The lowest BCUT2D eigenvalue weighted by molar-refractivity contribution is 1.30. The molecule has 0 aliphatic rings. The Morgan fingerprint density at radius 3 is 1.44 bits per heavy atom. The van der Waals surface area contributed by atoms with Gasteiger partial charge in [-0.3, -0.25) is 0 Å². The van der Waals surface area contributed by atoms with Crippen molar-refractivity contribution in [1.29, 1.82) is 0 Å². The first-order chi connectivity index (χ1) is 22.3. The number of benzene rings is 8. The number of hydrogen-bond acceptors (Lipinski definition) is 1. The fraction of sp³-hybridized carbons (Fsp3) is 0. The van der Waals surface area contributed by atoms with E-state index in [1.165, 1.54) is 54.9 Å². The molecule has 0 heterocycles. The minimum atomic E-state index is 1.11. The van der Waals surface area contributed by atoms with E-state index in [-0.39, 0.29) is 0 Å². The topological polar surface area (TPSA) is 3.24 Å². The highest BCUT2D eigenvalue weighted by Gasteiger charge is 2.18. The zero-order chi connectivity index (χ0) is 30.0. The monoisotopic (exact) mass is 573 g/mol. The molecule has 1 heteroatoms. The highest BCUT2D eigenvalue weighted by atomic mass is 15.1. The highest BCUT2D eigenvalue weighted by molar-refractivity contribution is 6.01. The predicted molar refractivity (Wildman–Crippen MR) is 192 cm³/mol. The van der Waals surface area contributed by atoms with Gasteiger partial charge in [-0.1, -0.05) is 158 Å². The van der Waals surface area contributed by atoms with Gasteiger partial charge in [0.05, 0.1) is 5.69 Å². The third kappa shape index (κ3) is 5.05. The van der Waals surface area contributed by atoms with Crippen molar-refractivity contribution in [3.05, 3.63) is 188 Å². The Hall–Kier alpha value is -5.92. The molecule has 0 radical (unpaired) electrons. The van der Waals surface area contributed by atoms with Crippen LogP contribution in [-0.2, 0) is 0 Å². The van der Waals surface area contributed by atoms with Gasteiger partial charge < -0.3 is 4.90 Å². The molecule has 0 saturated heterocycles. The first-order valence-electron chi connectivity index (χ1n) is 15.4. The molecule has 0 atom stereocenters. The Balaban J connectivity index is 1.33. The molecular formula is C44H31N. The van der Waals surface area contributed by atoms with Crippen LogP contribution in [0, 0.1) is 0 Å². The van der Waals surface area contributed by atoms with Crippen LogP contribution < -0.4 is 4.90 Å². The van der Waals surface area contributed by atoms with Crippen LogP contribution in [-0.4, -0.2) is 0 Å². The SMILES string of the molecule is c1ccc(-c2ccccc2-c2cccc(N(c3cccc(-c4cccc5ccccc45)c3)c3cccc4ccccc34)c2)cc1. The first-order valence-corrected chi connectivity index (χ1v) is 15.4. The van der Waals surface area contributed by atoms with E-state index in [2.05, 4.69) is 193 Å². The molecule has 0 amide bonds. The molecule has 0 aliphatic carbocycles. The Kier molecular flexibility index (Phi) is 6.90. The Labute approximate surface area is 264 Å². The van der Waals surface area contributed by atoms with Crippen LogP contribution in [0.3, 0.4) is 0 Å². The lowest BCUT2D eigenvalue weighted by Crippen LogP contribution is -2.10. The van der Waals surface area contributed by atoms with E-state index in [0.29, 0.717) is 0 Å². The average Bonchev–Trinajstić information content (AvgIpc) is 3.12. The third-order valence-corrected chi connectivity index (χ3v) is 8.64. The number of rotatable bonds is 6. The summed E-state index contributed by atoms with van der Waals surface area (Å²) in [5.74, 6) is 0. The lowest BCUT2D eigenvalue weighted by Gasteiger charge is -2.28. The summed E-state index contributed by atoms with van der Waals surface area (Å²) in [5, 5.41) is 4.94. The summed E-state index contributed by atoms with van der Waals surface area (Å²) in [5.41, 5.74) is 10.6. The van der Waals surface area contributed by atoms with Crippen molar-refractivity contribution in [3.63, 3.8) is 0 Å². The number of hydrogen-bond donors (Lipinski definition) is 0. The van der Waals surface area contributed by atoms with Crippen molar-refractivity contribution in [2.75, 3.05) is 4.90 Å². The van der Waals surface area contributed by atoms with Gasteiger partial charge in [0.15, 0.2) is 0 Å². The zero-order valence-corrected chi connectivity index (χ0v) is 24.8. The smallest absolute Gasteiger partial charge is 0.0540 e. The third-order valence-electron chi connectivity index (χ3n) is 8.64. The van der Waals surface area contributed by atoms with E-state index in [1.54, 1.807) is 0 Å². The number of fused-ring (bicyclic) bond motifs is 2. The molecular weight excluding hydrogens is 542 g/mol. The normalized spacial score (nSPS) is 11.1. The van der Waals surface area contributed by atoms with Gasteiger partial charge in [-0.05, 0) is 79.9 Å². The van der Waals surface area contributed by atoms with Gasteiger partial charge in [0.25, 0.3) is 0 Å². The number of anilines is 3. The second kappa shape index (κ2) is 11.6. The molecule has 0 N–H and O–H groups in total. The van der Waals surface area contributed by atoms with Crippen LogP contribution in [0.2, 0.25) is 0 Å². The minimum absolute atomic E-state index is 1.11. The van der Waals surface area contributed by atoms with Crippen LogP contribution in [0.1, 0.15) is 0 Å². The van der Waals surface area contributed by atoms with Gasteiger partial charge in [-0.15, -0.1) is 0 Å². The first kappa shape index (κ1) is 26.7. The van der Waals surface area contributed by atoms with E-state index in [0.717, 1.165) is 17.1 Å². The van der Waals surface area contributed by atoms with Gasteiger partial charge in [-0.25, -0.2) is 0 Å². The van der Waals surface area contributed by atoms with Crippen molar-refractivity contribution < 1.29 is 0 Å². The van der Waals surface area contributed by atoms with Crippen LogP contribution in [0.15, 0.2) is 188 Å². The summed E-state index contributed by atoms with van der Waals surface area (Å²) >= 11 is 0. The molecule has 0 unspecified atom stereocenters.